The number of pyridine rings is 1. The highest BCUT2D eigenvalue weighted by Gasteiger charge is 2.28. The average Bonchev–Trinajstić information content (AvgIpc) is 2.45. The van der Waals surface area contributed by atoms with E-state index in [1.807, 2.05) is 27.7 Å². The number of aryl methyl sites for hydroxylation is 1. The molecule has 0 aliphatic carbocycles. The Kier molecular flexibility index (Phi) is 5.70. The number of rotatable bonds is 2. The number of nitrogens with zero attached hydrogens (tertiary/aromatic N) is 2. The van der Waals surface area contributed by atoms with Crippen molar-refractivity contribution in [1.29, 1.82) is 0 Å². The molecule has 2 heterocycles. The molecule has 0 unspecified atom stereocenters. The van der Waals surface area contributed by atoms with Crippen LogP contribution in [0.3, 0.4) is 0 Å². The normalized spacial score (nSPS) is 16.0. The third-order valence-corrected chi connectivity index (χ3v) is 4.00. The molecule has 1 aliphatic rings. The van der Waals surface area contributed by atoms with Crippen LogP contribution in [0.15, 0.2) is 12.1 Å². The Morgan fingerprint density at radius 2 is 1.92 bits per heavy atom. The monoisotopic (exact) mass is 353 g/mol. The van der Waals surface area contributed by atoms with Gasteiger partial charge in [0.25, 0.3) is 5.91 Å². The van der Waals surface area contributed by atoms with Gasteiger partial charge in [0, 0.05) is 24.8 Å². The largest absolute Gasteiger partial charge is 0.444 e. The number of amides is 2. The van der Waals surface area contributed by atoms with Gasteiger partial charge in [0.1, 0.15) is 10.8 Å². The second-order valence-corrected chi connectivity index (χ2v) is 7.36. The van der Waals surface area contributed by atoms with Gasteiger partial charge in [-0.25, -0.2) is 9.78 Å². The summed E-state index contributed by atoms with van der Waals surface area (Å²) in [5, 5.41) is 3.17. The highest BCUT2D eigenvalue weighted by molar-refractivity contribution is 6.32. The van der Waals surface area contributed by atoms with Gasteiger partial charge in [-0.15, -0.1) is 0 Å². The van der Waals surface area contributed by atoms with E-state index >= 15 is 0 Å². The fraction of sp³-hybridized carbons (Fsp3) is 0.588. The Balaban J connectivity index is 1.86. The molecule has 1 aromatic rings. The molecular weight excluding hydrogens is 330 g/mol. The van der Waals surface area contributed by atoms with Crippen molar-refractivity contribution in [1.82, 2.24) is 15.2 Å². The summed E-state index contributed by atoms with van der Waals surface area (Å²) in [5.74, 6) is -0.233. The number of hydrogen-bond acceptors (Lipinski definition) is 4. The Bertz CT molecular complexity index is 620. The van der Waals surface area contributed by atoms with Crippen LogP contribution in [-0.4, -0.2) is 46.6 Å². The van der Waals surface area contributed by atoms with E-state index in [1.54, 1.807) is 17.0 Å². The number of halogens is 1. The summed E-state index contributed by atoms with van der Waals surface area (Å²) in [6.07, 6.45) is 1.06. The summed E-state index contributed by atoms with van der Waals surface area (Å²) < 4.78 is 5.36. The lowest BCUT2D eigenvalue weighted by atomic mass is 10.0. The van der Waals surface area contributed by atoms with Gasteiger partial charge in [-0.3, -0.25) is 4.79 Å². The number of nitrogens with one attached hydrogen (secondary N) is 1. The van der Waals surface area contributed by atoms with E-state index in [4.69, 9.17) is 16.3 Å². The van der Waals surface area contributed by atoms with Crippen molar-refractivity contribution in [3.05, 3.63) is 28.5 Å². The van der Waals surface area contributed by atoms with E-state index in [2.05, 4.69) is 10.3 Å². The van der Waals surface area contributed by atoms with E-state index in [9.17, 15) is 9.59 Å². The minimum Gasteiger partial charge on any atom is -0.444 e. The van der Waals surface area contributed by atoms with Crippen LogP contribution in [0.1, 0.15) is 49.7 Å². The number of hydrogen-bond donors (Lipinski definition) is 1. The van der Waals surface area contributed by atoms with Crippen molar-refractivity contribution in [3.63, 3.8) is 0 Å². The fourth-order valence-electron chi connectivity index (χ4n) is 2.49. The van der Waals surface area contributed by atoms with E-state index in [-0.39, 0.29) is 23.2 Å². The molecule has 0 bridgehead atoms. The first kappa shape index (κ1) is 18.5. The first-order valence-corrected chi connectivity index (χ1v) is 8.45. The van der Waals surface area contributed by atoms with E-state index in [1.165, 1.54) is 0 Å². The van der Waals surface area contributed by atoms with Crippen molar-refractivity contribution >= 4 is 23.6 Å². The minimum atomic E-state index is -0.503. The molecule has 7 heteroatoms. The third-order valence-electron chi connectivity index (χ3n) is 3.71. The molecule has 6 nitrogen and oxygen atoms in total. The Hall–Kier alpha value is -1.82. The van der Waals surface area contributed by atoms with Gasteiger partial charge in [-0.05, 0) is 52.7 Å². The summed E-state index contributed by atoms with van der Waals surface area (Å²) in [7, 11) is 0. The zero-order valence-corrected chi connectivity index (χ0v) is 15.3. The zero-order valence-electron chi connectivity index (χ0n) is 14.6. The maximum Gasteiger partial charge on any atom is 0.410 e. The van der Waals surface area contributed by atoms with Crippen LogP contribution in [0.25, 0.3) is 0 Å². The van der Waals surface area contributed by atoms with Crippen molar-refractivity contribution in [3.8, 4) is 0 Å². The molecule has 2 amide bonds. The van der Waals surface area contributed by atoms with Gasteiger partial charge in [0.05, 0.1) is 5.56 Å². The van der Waals surface area contributed by atoms with Crippen LogP contribution >= 0.6 is 11.6 Å². The fourth-order valence-corrected chi connectivity index (χ4v) is 2.77. The first-order chi connectivity index (χ1) is 11.2. The molecule has 132 valence electrons. The number of aromatic nitrogens is 1. The molecule has 0 aromatic carbocycles. The second-order valence-electron chi connectivity index (χ2n) is 7.01. The van der Waals surface area contributed by atoms with Crippen LogP contribution in [0.2, 0.25) is 5.15 Å². The first-order valence-electron chi connectivity index (χ1n) is 8.07. The number of carbonyl (C=O) groups excluding carboxylic acids is 2. The molecular formula is C17H24ClN3O3. The molecule has 0 spiro atoms. The quantitative estimate of drug-likeness (QED) is 0.829. The van der Waals surface area contributed by atoms with E-state index < -0.39 is 5.60 Å². The van der Waals surface area contributed by atoms with Crippen LogP contribution in [0.4, 0.5) is 4.79 Å². The molecule has 1 aliphatic heterocycles. The Labute approximate surface area is 147 Å². The number of ether oxygens (including phenoxy) is 1. The Morgan fingerprint density at radius 3 is 2.46 bits per heavy atom. The summed E-state index contributed by atoms with van der Waals surface area (Å²) in [5.41, 5.74) is 0.635. The van der Waals surface area contributed by atoms with Gasteiger partial charge in [-0.1, -0.05) is 11.6 Å². The topological polar surface area (TPSA) is 71.5 Å². The van der Waals surface area contributed by atoms with E-state index in [0.29, 0.717) is 31.5 Å². The number of likely N-dealkylation sites (tertiary alicyclic amines) is 1. The van der Waals surface area contributed by atoms with Crippen molar-refractivity contribution < 1.29 is 14.3 Å². The van der Waals surface area contributed by atoms with Crippen molar-refractivity contribution in [2.75, 3.05) is 13.1 Å². The smallest absolute Gasteiger partial charge is 0.410 e. The van der Waals surface area contributed by atoms with Gasteiger partial charge >= 0.3 is 6.09 Å². The summed E-state index contributed by atoms with van der Waals surface area (Å²) in [6, 6.07) is 3.44. The predicted octanol–water partition coefficient (Wildman–Crippen LogP) is 3.17. The van der Waals surface area contributed by atoms with Crippen molar-refractivity contribution in [2.24, 2.45) is 0 Å². The van der Waals surface area contributed by atoms with Gasteiger partial charge in [0.15, 0.2) is 0 Å². The molecule has 1 aromatic heterocycles. The summed E-state index contributed by atoms with van der Waals surface area (Å²) in [6.45, 7) is 8.46. The summed E-state index contributed by atoms with van der Waals surface area (Å²) >= 11 is 6.03. The molecule has 0 radical (unpaired) electrons. The predicted molar refractivity (Wildman–Crippen MR) is 92.3 cm³/mol. The van der Waals surface area contributed by atoms with Gasteiger partial charge < -0.3 is 15.0 Å². The highest BCUT2D eigenvalue weighted by atomic mass is 35.5. The molecule has 1 saturated heterocycles. The third kappa shape index (κ3) is 5.09. The molecule has 0 atom stereocenters. The highest BCUT2D eigenvalue weighted by Crippen LogP contribution is 2.17. The molecule has 1 fully saturated rings. The van der Waals surface area contributed by atoms with Crippen molar-refractivity contribution in [2.45, 2.75) is 52.2 Å². The lowest BCUT2D eigenvalue weighted by Gasteiger charge is -2.33. The standard InChI is InChI=1S/C17H24ClN3O3/c1-11-5-6-13(14(18)19-11)15(22)20-12-7-9-21(10-8-12)16(23)24-17(2,3)4/h5-6,12H,7-10H2,1-4H3,(H,20,22). The Morgan fingerprint density at radius 1 is 1.29 bits per heavy atom. The van der Waals surface area contributed by atoms with Crippen LogP contribution in [-0.2, 0) is 4.74 Å². The maximum atomic E-state index is 12.3. The molecule has 1 N–H and O–H groups in total. The number of carbonyl (C=O) groups is 2. The summed E-state index contributed by atoms with van der Waals surface area (Å²) in [4.78, 5) is 30.1. The van der Waals surface area contributed by atoms with Gasteiger partial charge in [0.2, 0.25) is 0 Å². The van der Waals surface area contributed by atoms with Crippen LogP contribution in [0, 0.1) is 6.92 Å². The zero-order chi connectivity index (χ0) is 17.9. The molecule has 2 rings (SSSR count). The molecule has 0 saturated carbocycles. The van der Waals surface area contributed by atoms with E-state index in [0.717, 1.165) is 5.69 Å². The number of piperidine rings is 1. The van der Waals surface area contributed by atoms with Crippen LogP contribution < -0.4 is 5.32 Å². The van der Waals surface area contributed by atoms with Gasteiger partial charge in [-0.2, -0.15) is 0 Å². The minimum absolute atomic E-state index is 0.00792. The maximum absolute atomic E-state index is 12.3. The lowest BCUT2D eigenvalue weighted by molar-refractivity contribution is 0.0199. The van der Waals surface area contributed by atoms with Crippen LogP contribution in [0.5, 0.6) is 0 Å². The SMILES string of the molecule is Cc1ccc(C(=O)NC2CCN(C(=O)OC(C)(C)C)CC2)c(Cl)n1. The molecule has 24 heavy (non-hydrogen) atoms. The second kappa shape index (κ2) is 7.38. The average molecular weight is 354 g/mol. The lowest BCUT2D eigenvalue weighted by Crippen LogP contribution is -2.47.